The average molecular weight is 259 g/mol. The van der Waals surface area contributed by atoms with E-state index in [2.05, 4.69) is 0 Å². The highest BCUT2D eigenvalue weighted by molar-refractivity contribution is 8.04. The van der Waals surface area contributed by atoms with E-state index < -0.39 is 17.4 Å². The van der Waals surface area contributed by atoms with E-state index in [1.807, 2.05) is 0 Å². The highest BCUT2D eigenvalue weighted by Gasteiger charge is 2.37. The van der Waals surface area contributed by atoms with Gasteiger partial charge in [-0.05, 0) is 6.92 Å². The molecule has 0 N–H and O–H groups in total. The molecule has 0 spiro atoms. The second-order valence-corrected chi connectivity index (χ2v) is 4.27. The molecular weight excluding hydrogens is 246 g/mol. The lowest BCUT2D eigenvalue weighted by Gasteiger charge is -2.08. The molecule has 0 aromatic carbocycles. The zero-order valence-electron chi connectivity index (χ0n) is 9.76. The van der Waals surface area contributed by atoms with Crippen molar-refractivity contribution in [3.8, 4) is 0 Å². The van der Waals surface area contributed by atoms with Gasteiger partial charge in [-0.15, -0.1) is 0 Å². The molecule has 1 unspecified atom stereocenters. The van der Waals surface area contributed by atoms with Crippen molar-refractivity contribution in [2.24, 2.45) is 0 Å². The first-order valence-electron chi connectivity index (χ1n) is 4.95. The summed E-state index contributed by atoms with van der Waals surface area (Å²) in [6.07, 6.45) is 1.20. The molecule has 7 heteroatoms. The van der Waals surface area contributed by atoms with Crippen molar-refractivity contribution in [1.82, 2.24) is 4.90 Å². The number of thioether (sulfide) groups is 1. The number of carbonyl (C=O) groups is 3. The van der Waals surface area contributed by atoms with Crippen molar-refractivity contribution < 1.29 is 23.9 Å². The Balaban J connectivity index is 2.74. The molecule has 0 bridgehead atoms. The van der Waals surface area contributed by atoms with Crippen LogP contribution in [0.1, 0.15) is 13.8 Å². The second kappa shape index (κ2) is 5.72. The second-order valence-electron chi connectivity index (χ2n) is 3.19. The molecule has 94 valence electrons. The average Bonchev–Trinajstić information content (AvgIpc) is 2.46. The lowest BCUT2D eigenvalue weighted by molar-refractivity contribution is -0.150. The number of carbonyl (C=O) groups excluding carboxylic acids is 3. The molecule has 1 saturated heterocycles. The van der Waals surface area contributed by atoms with Gasteiger partial charge in [-0.3, -0.25) is 9.59 Å². The summed E-state index contributed by atoms with van der Waals surface area (Å²) in [5.74, 6) is -1.44. The van der Waals surface area contributed by atoms with E-state index in [0.717, 1.165) is 11.8 Å². The summed E-state index contributed by atoms with van der Waals surface area (Å²) >= 11 is 1.00. The number of likely N-dealkylation sites (N-methyl/N-ethyl adjacent to an activating group) is 1. The maximum atomic E-state index is 11.6. The van der Waals surface area contributed by atoms with Crippen LogP contribution in [0.15, 0.2) is 11.1 Å². The van der Waals surface area contributed by atoms with Gasteiger partial charge >= 0.3 is 11.9 Å². The Bertz CT molecular complexity index is 379. The highest BCUT2D eigenvalue weighted by Crippen LogP contribution is 2.34. The van der Waals surface area contributed by atoms with E-state index in [-0.39, 0.29) is 12.5 Å². The smallest absolute Gasteiger partial charge is 0.333 e. The topological polar surface area (TPSA) is 72.9 Å². The van der Waals surface area contributed by atoms with Crippen LogP contribution in [0.5, 0.6) is 0 Å². The molecule has 1 aliphatic heterocycles. The zero-order valence-corrected chi connectivity index (χ0v) is 10.6. The van der Waals surface area contributed by atoms with E-state index in [1.165, 1.54) is 24.9 Å². The van der Waals surface area contributed by atoms with Crippen molar-refractivity contribution in [3.63, 3.8) is 0 Å². The molecule has 0 aliphatic carbocycles. The largest absolute Gasteiger partial charge is 0.463 e. The van der Waals surface area contributed by atoms with Crippen molar-refractivity contribution in [1.29, 1.82) is 0 Å². The first-order chi connectivity index (χ1) is 7.95. The van der Waals surface area contributed by atoms with E-state index in [0.29, 0.717) is 5.03 Å². The van der Waals surface area contributed by atoms with Gasteiger partial charge in [0.25, 0.3) is 5.91 Å². The maximum absolute atomic E-state index is 11.6. The quantitative estimate of drug-likeness (QED) is 0.542. The molecule has 6 nitrogen and oxygen atoms in total. The summed E-state index contributed by atoms with van der Waals surface area (Å²) < 4.78 is 9.53. The van der Waals surface area contributed by atoms with Crippen LogP contribution in [-0.2, 0) is 23.9 Å². The van der Waals surface area contributed by atoms with Crippen LogP contribution in [0.4, 0.5) is 0 Å². The molecule has 0 saturated carbocycles. The lowest BCUT2D eigenvalue weighted by atomic mass is 10.5. The molecule has 1 amide bonds. The predicted molar refractivity (Wildman–Crippen MR) is 60.6 cm³/mol. The molecular formula is C10H13NO5S. The Morgan fingerprint density at radius 1 is 1.53 bits per heavy atom. The van der Waals surface area contributed by atoms with Crippen LogP contribution in [0.25, 0.3) is 0 Å². The molecule has 17 heavy (non-hydrogen) atoms. The maximum Gasteiger partial charge on any atom is 0.333 e. The Hall–Kier alpha value is -1.50. The van der Waals surface area contributed by atoms with E-state index in [1.54, 1.807) is 6.92 Å². The summed E-state index contributed by atoms with van der Waals surface area (Å²) in [5, 5.41) is 0.403. The Morgan fingerprint density at radius 3 is 2.71 bits per heavy atom. The van der Waals surface area contributed by atoms with Gasteiger partial charge in [-0.2, -0.15) is 0 Å². The molecule has 1 aliphatic rings. The minimum atomic E-state index is -0.918. The van der Waals surface area contributed by atoms with Crippen molar-refractivity contribution in [3.05, 3.63) is 11.1 Å². The summed E-state index contributed by atoms with van der Waals surface area (Å²) in [7, 11) is 1.50. The van der Waals surface area contributed by atoms with Crippen molar-refractivity contribution in [2.75, 3.05) is 13.7 Å². The number of esters is 2. The molecule has 1 rings (SSSR count). The zero-order chi connectivity index (χ0) is 13.0. The summed E-state index contributed by atoms with van der Waals surface area (Å²) in [6.45, 7) is 3.17. The monoisotopic (exact) mass is 259 g/mol. The predicted octanol–water partition coefficient (Wildman–Crippen LogP) is 0.485. The summed E-state index contributed by atoms with van der Waals surface area (Å²) in [6, 6.07) is 0. The van der Waals surface area contributed by atoms with Gasteiger partial charge in [0.2, 0.25) is 5.44 Å². The third kappa shape index (κ3) is 3.48. The van der Waals surface area contributed by atoms with Gasteiger partial charge in [-0.1, -0.05) is 11.8 Å². The van der Waals surface area contributed by atoms with Gasteiger partial charge in [0.05, 0.1) is 17.7 Å². The summed E-state index contributed by atoms with van der Waals surface area (Å²) in [4.78, 5) is 34.9. The molecule has 1 atom stereocenters. The van der Waals surface area contributed by atoms with Gasteiger partial charge < -0.3 is 14.4 Å². The van der Waals surface area contributed by atoms with Gasteiger partial charge in [-0.25, -0.2) is 4.79 Å². The lowest BCUT2D eigenvalue weighted by Crippen LogP contribution is -2.27. The molecule has 1 heterocycles. The van der Waals surface area contributed by atoms with Crippen LogP contribution in [0.2, 0.25) is 0 Å². The van der Waals surface area contributed by atoms with Crippen LogP contribution < -0.4 is 0 Å². The SMILES string of the molecule is CCOC(=O)/C=C1\SC(OC(C)=O)C(=O)N1C. The summed E-state index contributed by atoms with van der Waals surface area (Å²) in [5.41, 5.74) is -0.918. The Morgan fingerprint density at radius 2 is 2.18 bits per heavy atom. The number of hydrogen-bond donors (Lipinski definition) is 0. The third-order valence-electron chi connectivity index (χ3n) is 1.89. The number of rotatable bonds is 3. The Kier molecular flexibility index (Phi) is 4.56. The number of amides is 1. The van der Waals surface area contributed by atoms with Crippen LogP contribution >= 0.6 is 11.8 Å². The minimum Gasteiger partial charge on any atom is -0.463 e. The van der Waals surface area contributed by atoms with Crippen molar-refractivity contribution in [2.45, 2.75) is 19.3 Å². The first kappa shape index (κ1) is 13.6. The fraction of sp³-hybridized carbons (Fsp3) is 0.500. The Labute approximate surface area is 103 Å². The van der Waals surface area contributed by atoms with E-state index >= 15 is 0 Å². The minimum absolute atomic E-state index is 0.262. The van der Waals surface area contributed by atoms with Crippen LogP contribution in [-0.4, -0.2) is 41.8 Å². The molecule has 0 aromatic rings. The standard InChI is InChI=1S/C10H13NO5S/c1-4-15-8(13)5-7-11(3)9(14)10(17-7)16-6(2)12/h5,10H,4H2,1-3H3/b7-5-. The van der Waals surface area contributed by atoms with E-state index in [4.69, 9.17) is 9.47 Å². The van der Waals surface area contributed by atoms with Crippen LogP contribution in [0.3, 0.4) is 0 Å². The number of ether oxygens (including phenoxy) is 2. The van der Waals surface area contributed by atoms with Gasteiger partial charge in [0.15, 0.2) is 0 Å². The normalized spacial score (nSPS) is 21.8. The fourth-order valence-corrected chi connectivity index (χ4v) is 2.22. The van der Waals surface area contributed by atoms with Gasteiger partial charge in [0.1, 0.15) is 0 Å². The number of hydrogen-bond acceptors (Lipinski definition) is 6. The van der Waals surface area contributed by atoms with Crippen LogP contribution in [0, 0.1) is 0 Å². The number of nitrogens with zero attached hydrogens (tertiary/aromatic N) is 1. The first-order valence-corrected chi connectivity index (χ1v) is 5.83. The van der Waals surface area contributed by atoms with Gasteiger partial charge in [0, 0.05) is 14.0 Å². The van der Waals surface area contributed by atoms with E-state index in [9.17, 15) is 14.4 Å². The van der Waals surface area contributed by atoms with Crippen molar-refractivity contribution >= 4 is 29.6 Å². The molecule has 1 fully saturated rings. The highest BCUT2D eigenvalue weighted by atomic mass is 32.2. The molecule has 0 radical (unpaired) electrons. The molecule has 0 aromatic heterocycles. The fourth-order valence-electron chi connectivity index (χ4n) is 1.15. The third-order valence-corrected chi connectivity index (χ3v) is 3.04.